The molecular weight excluding hydrogens is 534 g/mol. The van der Waals surface area contributed by atoms with Gasteiger partial charge in [0.1, 0.15) is 0 Å². The van der Waals surface area contributed by atoms with Crippen LogP contribution >= 0.6 is 0 Å². The molecule has 0 aliphatic heterocycles. The molecule has 0 aliphatic rings. The molecule has 0 saturated carbocycles. The summed E-state index contributed by atoms with van der Waals surface area (Å²) in [5, 5.41) is 12.0. The van der Waals surface area contributed by atoms with E-state index in [9.17, 15) is 0 Å². The average Bonchev–Trinajstić information content (AvgIpc) is 3.11. The molecule has 9 aromatic rings. The Labute approximate surface area is 254 Å². The second kappa shape index (κ2) is 9.82. The highest BCUT2D eigenvalue weighted by Crippen LogP contribution is 2.38. The zero-order chi connectivity index (χ0) is 29.0. The monoisotopic (exact) mass is 559 g/mol. The molecule has 0 N–H and O–H groups in total. The van der Waals surface area contributed by atoms with E-state index in [1.165, 1.54) is 37.7 Å². The Balaban J connectivity index is 1.33. The number of benzene rings is 8. The minimum Gasteiger partial charge on any atom is -0.208 e. The molecule has 44 heavy (non-hydrogen) atoms. The fraction of sp³-hybridized carbons (Fsp3) is 0. The van der Waals surface area contributed by atoms with Crippen molar-refractivity contribution in [3.63, 3.8) is 0 Å². The standard InChI is InChI=1S/C41H25N3/c1-2-11-30(12-3-1)39-42-40(32-23-24-34-31(25-32)22-18-26-9-4-6-14-33(26)34)44-41(43-39)36-16-8-13-28-20-21-29-19-17-27-10-5-7-15-35(27)37(29)38(28)36/h1-25H. The van der Waals surface area contributed by atoms with Gasteiger partial charge in [-0.3, -0.25) is 0 Å². The van der Waals surface area contributed by atoms with Crippen LogP contribution in [0.1, 0.15) is 0 Å². The first-order valence-electron chi connectivity index (χ1n) is 14.9. The van der Waals surface area contributed by atoms with E-state index in [1.54, 1.807) is 0 Å². The van der Waals surface area contributed by atoms with Gasteiger partial charge in [-0.2, -0.15) is 0 Å². The number of hydrogen-bond donors (Lipinski definition) is 0. The Morgan fingerprint density at radius 3 is 1.64 bits per heavy atom. The third-order valence-corrected chi connectivity index (χ3v) is 8.66. The summed E-state index contributed by atoms with van der Waals surface area (Å²) in [4.78, 5) is 15.3. The van der Waals surface area contributed by atoms with E-state index >= 15 is 0 Å². The molecule has 0 unspecified atom stereocenters. The Bertz CT molecular complexity index is 2550. The van der Waals surface area contributed by atoms with Crippen molar-refractivity contribution in [2.75, 3.05) is 0 Å². The second-order valence-corrected chi connectivity index (χ2v) is 11.2. The Morgan fingerprint density at radius 2 is 0.841 bits per heavy atom. The van der Waals surface area contributed by atoms with Crippen LogP contribution < -0.4 is 0 Å². The summed E-state index contributed by atoms with van der Waals surface area (Å²) in [6.07, 6.45) is 0. The molecular formula is C41H25N3. The van der Waals surface area contributed by atoms with Gasteiger partial charge < -0.3 is 0 Å². The molecule has 8 aromatic carbocycles. The molecule has 3 nitrogen and oxygen atoms in total. The van der Waals surface area contributed by atoms with E-state index in [0.29, 0.717) is 17.5 Å². The summed E-state index contributed by atoms with van der Waals surface area (Å²) < 4.78 is 0. The fourth-order valence-corrected chi connectivity index (χ4v) is 6.55. The van der Waals surface area contributed by atoms with Crippen LogP contribution in [0.15, 0.2) is 152 Å². The number of hydrogen-bond acceptors (Lipinski definition) is 3. The highest BCUT2D eigenvalue weighted by Gasteiger charge is 2.17. The third kappa shape index (κ3) is 3.94. The maximum atomic E-state index is 5.18. The van der Waals surface area contributed by atoms with E-state index in [2.05, 4.69) is 133 Å². The quantitative estimate of drug-likeness (QED) is 0.202. The van der Waals surface area contributed by atoms with Gasteiger partial charge in [-0.15, -0.1) is 0 Å². The van der Waals surface area contributed by atoms with Crippen LogP contribution in [-0.2, 0) is 0 Å². The highest BCUT2D eigenvalue weighted by molar-refractivity contribution is 6.23. The summed E-state index contributed by atoms with van der Waals surface area (Å²) >= 11 is 0. The normalized spacial score (nSPS) is 11.6. The fourth-order valence-electron chi connectivity index (χ4n) is 6.55. The van der Waals surface area contributed by atoms with E-state index in [0.717, 1.165) is 32.8 Å². The number of aromatic nitrogens is 3. The van der Waals surface area contributed by atoms with Crippen LogP contribution in [0.5, 0.6) is 0 Å². The minimum atomic E-state index is 0.658. The zero-order valence-electron chi connectivity index (χ0n) is 23.8. The predicted molar refractivity (Wildman–Crippen MR) is 184 cm³/mol. The molecule has 0 bridgehead atoms. The molecule has 0 saturated heterocycles. The minimum absolute atomic E-state index is 0.658. The first-order chi connectivity index (χ1) is 21.8. The van der Waals surface area contributed by atoms with Crippen molar-refractivity contribution in [1.29, 1.82) is 0 Å². The van der Waals surface area contributed by atoms with E-state index in [4.69, 9.17) is 15.0 Å². The number of nitrogens with zero attached hydrogens (tertiary/aromatic N) is 3. The number of fused-ring (bicyclic) bond motifs is 8. The lowest BCUT2D eigenvalue weighted by Crippen LogP contribution is -2.00. The summed E-state index contributed by atoms with van der Waals surface area (Å²) in [5.41, 5.74) is 2.92. The lowest BCUT2D eigenvalue weighted by atomic mass is 9.93. The first-order valence-corrected chi connectivity index (χ1v) is 14.9. The van der Waals surface area contributed by atoms with Gasteiger partial charge in [0.15, 0.2) is 17.5 Å². The molecule has 0 radical (unpaired) electrons. The Morgan fingerprint density at radius 1 is 0.295 bits per heavy atom. The van der Waals surface area contributed by atoms with Gasteiger partial charge in [0.05, 0.1) is 0 Å². The predicted octanol–water partition coefficient (Wildman–Crippen LogP) is 10.6. The van der Waals surface area contributed by atoms with Crippen LogP contribution in [0.2, 0.25) is 0 Å². The maximum absolute atomic E-state index is 5.18. The van der Waals surface area contributed by atoms with Gasteiger partial charge >= 0.3 is 0 Å². The summed E-state index contributed by atoms with van der Waals surface area (Å²) in [5.74, 6) is 1.98. The topological polar surface area (TPSA) is 38.7 Å². The molecule has 1 aromatic heterocycles. The van der Waals surface area contributed by atoms with Gasteiger partial charge in [-0.05, 0) is 54.5 Å². The van der Waals surface area contributed by atoms with Gasteiger partial charge in [0.25, 0.3) is 0 Å². The van der Waals surface area contributed by atoms with Crippen molar-refractivity contribution in [3.8, 4) is 34.2 Å². The molecule has 204 valence electrons. The molecule has 3 heteroatoms. The molecule has 0 spiro atoms. The lowest BCUT2D eigenvalue weighted by molar-refractivity contribution is 1.08. The SMILES string of the molecule is c1ccc(-c2nc(-c3ccc4c(ccc5ccccc54)c3)nc(-c3cccc4ccc5ccc6ccccc6c5c34)n2)cc1. The maximum Gasteiger partial charge on any atom is 0.164 e. The van der Waals surface area contributed by atoms with Crippen molar-refractivity contribution < 1.29 is 0 Å². The summed E-state index contributed by atoms with van der Waals surface area (Å²) in [6, 6.07) is 53.4. The Kier molecular flexibility index (Phi) is 5.50. The molecule has 1 heterocycles. The average molecular weight is 560 g/mol. The first kappa shape index (κ1) is 24.6. The van der Waals surface area contributed by atoms with E-state index in [-0.39, 0.29) is 0 Å². The summed E-state index contributed by atoms with van der Waals surface area (Å²) in [7, 11) is 0. The van der Waals surface area contributed by atoms with Crippen molar-refractivity contribution in [1.82, 2.24) is 15.0 Å². The van der Waals surface area contributed by atoms with Gasteiger partial charge in [0.2, 0.25) is 0 Å². The van der Waals surface area contributed by atoms with Crippen LogP contribution in [0.3, 0.4) is 0 Å². The van der Waals surface area contributed by atoms with Gasteiger partial charge in [-0.1, -0.05) is 146 Å². The van der Waals surface area contributed by atoms with Crippen molar-refractivity contribution in [3.05, 3.63) is 152 Å². The highest BCUT2D eigenvalue weighted by atomic mass is 15.0. The van der Waals surface area contributed by atoms with Crippen LogP contribution in [0, 0.1) is 0 Å². The van der Waals surface area contributed by atoms with Crippen LogP contribution in [-0.4, -0.2) is 15.0 Å². The van der Waals surface area contributed by atoms with Crippen LogP contribution in [0.25, 0.3) is 88.0 Å². The molecule has 9 rings (SSSR count). The van der Waals surface area contributed by atoms with E-state index in [1.807, 2.05) is 18.2 Å². The van der Waals surface area contributed by atoms with Crippen molar-refractivity contribution >= 4 is 53.9 Å². The van der Waals surface area contributed by atoms with Crippen molar-refractivity contribution in [2.45, 2.75) is 0 Å². The second-order valence-electron chi connectivity index (χ2n) is 11.2. The molecule has 0 atom stereocenters. The summed E-state index contributed by atoms with van der Waals surface area (Å²) in [6.45, 7) is 0. The third-order valence-electron chi connectivity index (χ3n) is 8.66. The Hall–Kier alpha value is -5.93. The lowest BCUT2D eigenvalue weighted by Gasteiger charge is -2.14. The smallest absolute Gasteiger partial charge is 0.164 e. The largest absolute Gasteiger partial charge is 0.208 e. The van der Waals surface area contributed by atoms with Crippen molar-refractivity contribution in [2.24, 2.45) is 0 Å². The zero-order valence-corrected chi connectivity index (χ0v) is 23.8. The molecule has 0 amide bonds. The van der Waals surface area contributed by atoms with Crippen LogP contribution in [0.4, 0.5) is 0 Å². The molecule has 0 aliphatic carbocycles. The molecule has 0 fully saturated rings. The van der Waals surface area contributed by atoms with Gasteiger partial charge in [-0.25, -0.2) is 15.0 Å². The van der Waals surface area contributed by atoms with E-state index < -0.39 is 0 Å². The van der Waals surface area contributed by atoms with Gasteiger partial charge in [0, 0.05) is 22.1 Å². The number of rotatable bonds is 3.